The number of nitrogens with zero attached hydrogens (tertiary/aromatic N) is 1. The minimum absolute atomic E-state index is 0.0162. The SMILES string of the molecule is COc1ccccc1N1CCCC(NC(=O)Cc2cccc(O)c2)C1. The standard InChI is InChI=1S/C20H24N2O3/c1-25-19-10-3-2-9-18(19)22-11-5-7-16(14-22)21-20(24)13-15-6-4-8-17(23)12-15/h2-4,6,8-10,12,16,23H,5,7,11,13-14H2,1H3,(H,21,24). The van der Waals surface area contributed by atoms with Gasteiger partial charge in [-0.3, -0.25) is 4.79 Å². The lowest BCUT2D eigenvalue weighted by Gasteiger charge is -2.35. The van der Waals surface area contributed by atoms with Crippen molar-refractivity contribution in [1.82, 2.24) is 5.32 Å². The number of hydrogen-bond acceptors (Lipinski definition) is 4. The minimum atomic E-state index is -0.0162. The van der Waals surface area contributed by atoms with Gasteiger partial charge in [-0.25, -0.2) is 0 Å². The molecular weight excluding hydrogens is 316 g/mol. The second kappa shape index (κ2) is 7.92. The van der Waals surface area contributed by atoms with E-state index in [1.165, 1.54) is 0 Å². The van der Waals surface area contributed by atoms with Crippen LogP contribution in [0.2, 0.25) is 0 Å². The van der Waals surface area contributed by atoms with Gasteiger partial charge in [0.1, 0.15) is 11.5 Å². The van der Waals surface area contributed by atoms with Gasteiger partial charge in [0.15, 0.2) is 0 Å². The van der Waals surface area contributed by atoms with Crippen LogP contribution in [0.25, 0.3) is 0 Å². The van der Waals surface area contributed by atoms with Crippen molar-refractivity contribution in [3.8, 4) is 11.5 Å². The van der Waals surface area contributed by atoms with Gasteiger partial charge in [-0.15, -0.1) is 0 Å². The summed E-state index contributed by atoms with van der Waals surface area (Å²) in [6.07, 6.45) is 2.27. The van der Waals surface area contributed by atoms with E-state index in [0.29, 0.717) is 0 Å². The van der Waals surface area contributed by atoms with Crippen LogP contribution in [0.5, 0.6) is 11.5 Å². The minimum Gasteiger partial charge on any atom is -0.508 e. The summed E-state index contributed by atoms with van der Waals surface area (Å²) in [5.74, 6) is 1.03. The van der Waals surface area contributed by atoms with E-state index in [0.717, 1.165) is 42.9 Å². The van der Waals surface area contributed by atoms with Crippen molar-refractivity contribution >= 4 is 11.6 Å². The number of carbonyl (C=O) groups excluding carboxylic acids is 1. The summed E-state index contributed by atoms with van der Waals surface area (Å²) in [5, 5.41) is 12.6. The molecule has 1 fully saturated rings. The van der Waals surface area contributed by atoms with Crippen LogP contribution in [0.3, 0.4) is 0 Å². The molecule has 1 aliphatic rings. The van der Waals surface area contributed by atoms with E-state index in [-0.39, 0.29) is 24.1 Å². The Morgan fingerprint density at radius 1 is 1.28 bits per heavy atom. The number of piperidine rings is 1. The molecule has 1 heterocycles. The van der Waals surface area contributed by atoms with Gasteiger partial charge in [0, 0.05) is 19.1 Å². The molecule has 0 bridgehead atoms. The topological polar surface area (TPSA) is 61.8 Å². The molecule has 1 saturated heterocycles. The van der Waals surface area contributed by atoms with Crippen LogP contribution in [0.1, 0.15) is 18.4 Å². The molecule has 3 rings (SSSR count). The second-order valence-corrected chi connectivity index (χ2v) is 6.37. The lowest BCUT2D eigenvalue weighted by Crippen LogP contribution is -2.48. The monoisotopic (exact) mass is 340 g/mol. The zero-order valence-corrected chi connectivity index (χ0v) is 14.4. The van der Waals surface area contributed by atoms with Gasteiger partial charge in [-0.2, -0.15) is 0 Å². The molecule has 0 aromatic heterocycles. The van der Waals surface area contributed by atoms with Gasteiger partial charge < -0.3 is 20.1 Å². The van der Waals surface area contributed by atoms with Gasteiger partial charge in [0.05, 0.1) is 19.2 Å². The van der Waals surface area contributed by atoms with Crippen molar-refractivity contribution in [3.05, 3.63) is 54.1 Å². The van der Waals surface area contributed by atoms with Gasteiger partial charge in [-0.1, -0.05) is 24.3 Å². The molecule has 0 radical (unpaired) electrons. The molecule has 1 atom stereocenters. The number of aromatic hydroxyl groups is 1. The largest absolute Gasteiger partial charge is 0.508 e. The van der Waals surface area contributed by atoms with Crippen molar-refractivity contribution < 1.29 is 14.6 Å². The lowest BCUT2D eigenvalue weighted by molar-refractivity contribution is -0.121. The van der Waals surface area contributed by atoms with Crippen LogP contribution < -0.4 is 15.0 Å². The number of para-hydroxylation sites is 2. The fraction of sp³-hybridized carbons (Fsp3) is 0.350. The molecule has 0 aliphatic carbocycles. The van der Waals surface area contributed by atoms with Crippen LogP contribution in [0, 0.1) is 0 Å². The lowest BCUT2D eigenvalue weighted by atomic mass is 10.0. The molecule has 132 valence electrons. The first-order valence-electron chi connectivity index (χ1n) is 8.61. The summed E-state index contributed by atoms with van der Waals surface area (Å²) < 4.78 is 5.45. The number of amides is 1. The number of rotatable bonds is 5. The number of phenolic OH excluding ortho intramolecular Hbond substituents is 1. The van der Waals surface area contributed by atoms with Gasteiger partial charge in [0.2, 0.25) is 5.91 Å². The Bertz CT molecular complexity index is 732. The summed E-state index contributed by atoms with van der Waals surface area (Å²) in [4.78, 5) is 14.6. The third kappa shape index (κ3) is 4.44. The van der Waals surface area contributed by atoms with E-state index in [2.05, 4.69) is 16.3 Å². The second-order valence-electron chi connectivity index (χ2n) is 6.37. The van der Waals surface area contributed by atoms with Crippen LogP contribution in [0.4, 0.5) is 5.69 Å². The Labute approximate surface area is 148 Å². The molecule has 0 spiro atoms. The average Bonchev–Trinajstić information content (AvgIpc) is 2.62. The summed E-state index contributed by atoms with van der Waals surface area (Å²) in [5.41, 5.74) is 1.88. The molecule has 2 N–H and O–H groups in total. The van der Waals surface area contributed by atoms with Crippen LogP contribution in [-0.2, 0) is 11.2 Å². The third-order valence-electron chi connectivity index (χ3n) is 4.49. The van der Waals surface area contributed by atoms with Crippen LogP contribution in [0.15, 0.2) is 48.5 Å². The Morgan fingerprint density at radius 3 is 2.92 bits per heavy atom. The number of methoxy groups -OCH3 is 1. The van der Waals surface area contributed by atoms with Crippen molar-refractivity contribution in [2.75, 3.05) is 25.1 Å². The maximum atomic E-state index is 12.3. The average molecular weight is 340 g/mol. The molecule has 1 unspecified atom stereocenters. The molecular formula is C20H24N2O3. The van der Waals surface area contributed by atoms with Crippen molar-refractivity contribution in [2.45, 2.75) is 25.3 Å². The molecule has 2 aromatic carbocycles. The Morgan fingerprint density at radius 2 is 2.12 bits per heavy atom. The molecule has 5 heteroatoms. The van der Waals surface area contributed by atoms with E-state index >= 15 is 0 Å². The zero-order chi connectivity index (χ0) is 17.6. The fourth-order valence-electron chi connectivity index (χ4n) is 3.34. The molecule has 2 aromatic rings. The number of hydrogen-bond donors (Lipinski definition) is 2. The van der Waals surface area contributed by atoms with Crippen molar-refractivity contribution in [2.24, 2.45) is 0 Å². The highest BCUT2D eigenvalue weighted by atomic mass is 16.5. The molecule has 1 aliphatic heterocycles. The van der Waals surface area contributed by atoms with Gasteiger partial charge >= 0.3 is 0 Å². The number of phenols is 1. The van der Waals surface area contributed by atoms with E-state index < -0.39 is 0 Å². The highest BCUT2D eigenvalue weighted by molar-refractivity contribution is 5.79. The van der Waals surface area contributed by atoms with Crippen molar-refractivity contribution in [3.63, 3.8) is 0 Å². The van der Waals surface area contributed by atoms with Crippen LogP contribution >= 0.6 is 0 Å². The molecule has 25 heavy (non-hydrogen) atoms. The highest BCUT2D eigenvalue weighted by Crippen LogP contribution is 2.29. The zero-order valence-electron chi connectivity index (χ0n) is 14.4. The predicted octanol–water partition coefficient (Wildman–Crippen LogP) is 2.73. The molecule has 1 amide bonds. The number of ether oxygens (including phenoxy) is 1. The first-order valence-corrected chi connectivity index (χ1v) is 8.61. The van der Waals surface area contributed by atoms with Crippen LogP contribution in [-0.4, -0.2) is 37.3 Å². The number of benzene rings is 2. The predicted molar refractivity (Wildman–Crippen MR) is 98.2 cm³/mol. The van der Waals surface area contributed by atoms with Crippen molar-refractivity contribution in [1.29, 1.82) is 0 Å². The smallest absolute Gasteiger partial charge is 0.224 e. The first kappa shape index (κ1) is 17.1. The number of anilines is 1. The fourth-order valence-corrected chi connectivity index (χ4v) is 3.34. The maximum Gasteiger partial charge on any atom is 0.224 e. The van der Waals surface area contributed by atoms with E-state index in [4.69, 9.17) is 4.74 Å². The van der Waals surface area contributed by atoms with E-state index in [1.807, 2.05) is 24.3 Å². The van der Waals surface area contributed by atoms with Gasteiger partial charge in [0.25, 0.3) is 0 Å². The Kier molecular flexibility index (Phi) is 5.43. The Balaban J connectivity index is 1.60. The summed E-state index contributed by atoms with van der Waals surface area (Å²) in [6.45, 7) is 1.73. The molecule has 0 saturated carbocycles. The summed E-state index contributed by atoms with van der Waals surface area (Å²) in [7, 11) is 1.68. The maximum absolute atomic E-state index is 12.3. The third-order valence-corrected chi connectivity index (χ3v) is 4.49. The van der Waals surface area contributed by atoms with E-state index in [9.17, 15) is 9.90 Å². The summed E-state index contributed by atoms with van der Waals surface area (Å²) in [6, 6.07) is 14.9. The number of carbonyl (C=O) groups is 1. The van der Waals surface area contributed by atoms with Gasteiger partial charge in [-0.05, 0) is 42.7 Å². The first-order chi connectivity index (χ1) is 12.2. The Hall–Kier alpha value is -2.69. The van der Waals surface area contributed by atoms with E-state index in [1.54, 1.807) is 25.3 Å². The summed E-state index contributed by atoms with van der Waals surface area (Å²) >= 11 is 0. The quantitative estimate of drug-likeness (QED) is 0.879. The normalized spacial score (nSPS) is 17.2. The molecule has 5 nitrogen and oxygen atoms in total. The highest BCUT2D eigenvalue weighted by Gasteiger charge is 2.23. The number of nitrogens with one attached hydrogen (secondary N) is 1.